The molecule has 3 aromatic carbocycles. The first-order valence-electron chi connectivity index (χ1n) is 11.4. The fraction of sp³-hybridized carbons (Fsp3) is 0.286. The molecular weight excluding hydrogens is 396 g/mol. The molecule has 5 rings (SSSR count). The zero-order chi connectivity index (χ0) is 22.2. The van der Waals surface area contributed by atoms with Gasteiger partial charge in [-0.15, -0.1) is 0 Å². The fourth-order valence-electron chi connectivity index (χ4n) is 4.95. The molecule has 4 heteroatoms. The van der Waals surface area contributed by atoms with E-state index in [-0.39, 0.29) is 0 Å². The zero-order valence-corrected chi connectivity index (χ0v) is 18.6. The Balaban J connectivity index is 1.53. The van der Waals surface area contributed by atoms with Crippen LogP contribution in [0.4, 0.5) is 0 Å². The number of hydrogen-bond donors (Lipinski definition) is 1. The maximum absolute atomic E-state index is 11.6. The van der Waals surface area contributed by atoms with Gasteiger partial charge in [0.15, 0.2) is 0 Å². The lowest BCUT2D eigenvalue weighted by molar-refractivity contribution is 0.0697. The Morgan fingerprint density at radius 2 is 1.69 bits per heavy atom. The second-order valence-electron chi connectivity index (χ2n) is 9.01. The van der Waals surface area contributed by atoms with Gasteiger partial charge in [-0.05, 0) is 72.7 Å². The van der Waals surface area contributed by atoms with Crippen molar-refractivity contribution in [3.05, 3.63) is 88.7 Å². The van der Waals surface area contributed by atoms with Gasteiger partial charge in [-0.3, -0.25) is 0 Å². The van der Waals surface area contributed by atoms with Crippen molar-refractivity contribution >= 4 is 17.0 Å². The maximum atomic E-state index is 11.6. The third-order valence-corrected chi connectivity index (χ3v) is 6.88. The molecule has 32 heavy (non-hydrogen) atoms. The molecule has 1 aliphatic carbocycles. The molecule has 1 N–H and O–H groups in total. The van der Waals surface area contributed by atoms with Crippen LogP contribution in [-0.4, -0.2) is 20.6 Å². The molecule has 0 atom stereocenters. The van der Waals surface area contributed by atoms with Gasteiger partial charge >= 0.3 is 5.97 Å². The largest absolute Gasteiger partial charge is 0.478 e. The van der Waals surface area contributed by atoms with Crippen LogP contribution in [0, 0.1) is 13.8 Å². The van der Waals surface area contributed by atoms with Gasteiger partial charge in [-0.1, -0.05) is 55.3 Å². The monoisotopic (exact) mass is 424 g/mol. The number of aromatic nitrogens is 2. The predicted octanol–water partition coefficient (Wildman–Crippen LogP) is 6.72. The van der Waals surface area contributed by atoms with Crippen LogP contribution >= 0.6 is 0 Å². The highest BCUT2D eigenvalue weighted by molar-refractivity contribution is 5.96. The fourth-order valence-corrected chi connectivity index (χ4v) is 4.95. The summed E-state index contributed by atoms with van der Waals surface area (Å²) in [6.45, 7) is 5.08. The topological polar surface area (TPSA) is 55.1 Å². The summed E-state index contributed by atoms with van der Waals surface area (Å²) in [7, 11) is 0. The Hall–Kier alpha value is -3.40. The van der Waals surface area contributed by atoms with Crippen LogP contribution < -0.4 is 0 Å². The van der Waals surface area contributed by atoms with E-state index in [4.69, 9.17) is 4.98 Å². The Morgan fingerprint density at radius 1 is 1.00 bits per heavy atom. The highest BCUT2D eigenvalue weighted by Crippen LogP contribution is 2.36. The minimum atomic E-state index is -0.901. The van der Waals surface area contributed by atoms with Crippen molar-refractivity contribution < 1.29 is 9.90 Å². The predicted molar refractivity (Wildman–Crippen MR) is 128 cm³/mol. The van der Waals surface area contributed by atoms with Crippen LogP contribution in [0.5, 0.6) is 0 Å². The van der Waals surface area contributed by atoms with Crippen molar-refractivity contribution in [2.24, 2.45) is 0 Å². The van der Waals surface area contributed by atoms with E-state index in [0.29, 0.717) is 11.5 Å². The van der Waals surface area contributed by atoms with Gasteiger partial charge in [0.2, 0.25) is 0 Å². The number of carboxylic acids is 1. The molecule has 0 radical (unpaired) electrons. The number of benzene rings is 3. The van der Waals surface area contributed by atoms with E-state index < -0.39 is 5.97 Å². The molecular formula is C28H28N2O2. The molecule has 0 aliphatic heterocycles. The lowest BCUT2D eigenvalue weighted by atomic mass is 9.98. The molecule has 0 bridgehead atoms. The van der Waals surface area contributed by atoms with Crippen LogP contribution in [0.25, 0.3) is 22.2 Å². The van der Waals surface area contributed by atoms with E-state index in [1.54, 1.807) is 12.1 Å². The molecule has 4 nitrogen and oxygen atoms in total. The zero-order valence-electron chi connectivity index (χ0n) is 18.6. The Labute approximate surface area is 188 Å². The van der Waals surface area contributed by atoms with Crippen LogP contribution in [0.1, 0.15) is 64.5 Å². The SMILES string of the molecule is Cc1cc2nc(C3CCCC3)n(Cc3ccc(-c4ccccc4C(=O)O)cc3)c2cc1C. The van der Waals surface area contributed by atoms with Crippen LogP contribution in [-0.2, 0) is 6.54 Å². The number of hydrogen-bond acceptors (Lipinski definition) is 2. The minimum absolute atomic E-state index is 0.329. The number of carboxylic acid groups (broad SMARTS) is 1. The van der Waals surface area contributed by atoms with Gasteiger partial charge in [0.25, 0.3) is 0 Å². The number of nitrogens with zero attached hydrogens (tertiary/aromatic N) is 2. The smallest absolute Gasteiger partial charge is 0.336 e. The Morgan fingerprint density at radius 3 is 2.41 bits per heavy atom. The summed E-state index contributed by atoms with van der Waals surface area (Å²) in [5, 5.41) is 9.52. The van der Waals surface area contributed by atoms with Gasteiger partial charge in [-0.25, -0.2) is 9.78 Å². The highest BCUT2D eigenvalue weighted by atomic mass is 16.4. The maximum Gasteiger partial charge on any atom is 0.336 e. The van der Waals surface area contributed by atoms with Crippen LogP contribution in [0.3, 0.4) is 0 Å². The molecule has 1 saturated carbocycles. The average molecular weight is 425 g/mol. The standard InChI is InChI=1S/C28H28N2O2/c1-18-15-25-26(16-19(18)2)30(27(29-25)22-7-3-4-8-22)17-20-11-13-21(14-12-20)23-9-5-6-10-24(23)28(31)32/h5-6,9-16,22H,3-4,7-8,17H2,1-2H3,(H,31,32). The Kier molecular flexibility index (Phi) is 5.30. The highest BCUT2D eigenvalue weighted by Gasteiger charge is 2.24. The Bertz CT molecular complexity index is 1300. The molecule has 4 aromatic rings. The molecule has 1 aliphatic rings. The number of fused-ring (bicyclic) bond motifs is 1. The van der Waals surface area contributed by atoms with Crippen molar-refractivity contribution in [3.8, 4) is 11.1 Å². The number of carbonyl (C=O) groups is 1. The third-order valence-electron chi connectivity index (χ3n) is 6.88. The van der Waals surface area contributed by atoms with Crippen molar-refractivity contribution in [2.75, 3.05) is 0 Å². The number of aromatic carboxylic acids is 1. The summed E-state index contributed by atoms with van der Waals surface area (Å²) >= 11 is 0. The molecule has 162 valence electrons. The van der Waals surface area contributed by atoms with E-state index in [0.717, 1.165) is 23.2 Å². The van der Waals surface area contributed by atoms with Crippen molar-refractivity contribution in [2.45, 2.75) is 52.0 Å². The quantitative estimate of drug-likeness (QED) is 0.387. The number of rotatable bonds is 5. The van der Waals surface area contributed by atoms with Gasteiger partial charge in [0.1, 0.15) is 5.82 Å². The van der Waals surface area contributed by atoms with Crippen LogP contribution in [0.2, 0.25) is 0 Å². The molecule has 0 saturated heterocycles. The average Bonchev–Trinajstić information content (AvgIpc) is 3.44. The molecule has 1 heterocycles. The first kappa shape index (κ1) is 20.5. The molecule has 1 fully saturated rings. The third kappa shape index (κ3) is 3.70. The molecule has 0 unspecified atom stereocenters. The van der Waals surface area contributed by atoms with Gasteiger partial charge < -0.3 is 9.67 Å². The summed E-state index contributed by atoms with van der Waals surface area (Å²) in [5.41, 5.74) is 8.05. The number of imidazole rings is 1. The molecule has 0 amide bonds. The van der Waals surface area contributed by atoms with Crippen molar-refractivity contribution in [1.82, 2.24) is 9.55 Å². The van der Waals surface area contributed by atoms with E-state index in [1.165, 1.54) is 53.7 Å². The van der Waals surface area contributed by atoms with Gasteiger partial charge in [-0.2, -0.15) is 0 Å². The first-order valence-corrected chi connectivity index (χ1v) is 11.4. The lowest BCUT2D eigenvalue weighted by Gasteiger charge is -2.15. The van der Waals surface area contributed by atoms with Crippen molar-refractivity contribution in [3.63, 3.8) is 0 Å². The first-order chi connectivity index (χ1) is 15.5. The van der Waals surface area contributed by atoms with E-state index >= 15 is 0 Å². The summed E-state index contributed by atoms with van der Waals surface area (Å²) < 4.78 is 2.40. The van der Waals surface area contributed by atoms with E-state index in [9.17, 15) is 9.90 Å². The second kappa shape index (κ2) is 8.27. The second-order valence-corrected chi connectivity index (χ2v) is 9.01. The summed E-state index contributed by atoms with van der Waals surface area (Å²) in [6.07, 6.45) is 4.99. The summed E-state index contributed by atoms with van der Waals surface area (Å²) in [5.74, 6) is 0.842. The minimum Gasteiger partial charge on any atom is -0.478 e. The van der Waals surface area contributed by atoms with Gasteiger partial charge in [0.05, 0.1) is 16.6 Å². The van der Waals surface area contributed by atoms with Gasteiger partial charge in [0, 0.05) is 12.5 Å². The van der Waals surface area contributed by atoms with Crippen LogP contribution in [0.15, 0.2) is 60.7 Å². The summed E-state index contributed by atoms with van der Waals surface area (Å²) in [6, 6.07) is 19.9. The normalized spacial score (nSPS) is 14.3. The lowest BCUT2D eigenvalue weighted by Crippen LogP contribution is -2.08. The number of aryl methyl sites for hydroxylation is 2. The van der Waals surface area contributed by atoms with E-state index in [2.05, 4.69) is 42.7 Å². The molecule has 1 aromatic heterocycles. The summed E-state index contributed by atoms with van der Waals surface area (Å²) in [4.78, 5) is 16.7. The molecule has 0 spiro atoms. The van der Waals surface area contributed by atoms with E-state index in [1.807, 2.05) is 24.3 Å². The van der Waals surface area contributed by atoms with Crippen molar-refractivity contribution in [1.29, 1.82) is 0 Å².